The minimum atomic E-state index is 0. The lowest BCUT2D eigenvalue weighted by Crippen LogP contribution is -2.43. The number of hydrogen-bond acceptors (Lipinski definition) is 4. The third-order valence-corrected chi connectivity index (χ3v) is 3.75. The number of aryl methyl sites for hydroxylation is 1. The van der Waals surface area contributed by atoms with Crippen molar-refractivity contribution in [1.82, 2.24) is 25.0 Å². The highest BCUT2D eigenvalue weighted by Gasteiger charge is 2.13. The molecule has 0 aliphatic heterocycles. The molecule has 1 heterocycles. The SMILES string of the molecule is CCC(CNC(=NC)N(C)Cc1ncnn1C)Oc1ccccc1.I. The highest BCUT2D eigenvalue weighted by Crippen LogP contribution is 2.12. The molecular formula is C17H27IN6O. The van der Waals surface area contributed by atoms with Crippen LogP contribution in [0.15, 0.2) is 41.7 Å². The van der Waals surface area contributed by atoms with Gasteiger partial charge in [-0.05, 0) is 18.6 Å². The van der Waals surface area contributed by atoms with Crippen LogP contribution in [0.2, 0.25) is 0 Å². The molecule has 8 heteroatoms. The molecule has 0 fully saturated rings. The minimum absolute atomic E-state index is 0. The molecule has 0 saturated carbocycles. The van der Waals surface area contributed by atoms with Crippen LogP contribution in [-0.4, -0.2) is 52.4 Å². The molecule has 0 amide bonds. The lowest BCUT2D eigenvalue weighted by atomic mass is 10.2. The number of hydrogen-bond donors (Lipinski definition) is 1. The molecule has 7 nitrogen and oxygen atoms in total. The fourth-order valence-corrected chi connectivity index (χ4v) is 2.30. The molecule has 1 atom stereocenters. The van der Waals surface area contributed by atoms with E-state index in [4.69, 9.17) is 4.74 Å². The Morgan fingerprint density at radius 2 is 2.08 bits per heavy atom. The number of para-hydroxylation sites is 1. The van der Waals surface area contributed by atoms with Crippen molar-refractivity contribution in [2.45, 2.75) is 26.0 Å². The van der Waals surface area contributed by atoms with E-state index in [2.05, 4.69) is 27.3 Å². The van der Waals surface area contributed by atoms with Crippen molar-refractivity contribution >= 4 is 29.9 Å². The number of nitrogens with one attached hydrogen (secondary N) is 1. The lowest BCUT2D eigenvalue weighted by Gasteiger charge is -2.24. The maximum atomic E-state index is 6.00. The number of rotatable bonds is 7. The summed E-state index contributed by atoms with van der Waals surface area (Å²) in [6.07, 6.45) is 2.54. The molecule has 138 valence electrons. The van der Waals surface area contributed by atoms with Crippen molar-refractivity contribution in [2.75, 3.05) is 20.6 Å². The topological polar surface area (TPSA) is 67.6 Å². The molecule has 1 N–H and O–H groups in total. The van der Waals surface area contributed by atoms with Crippen LogP contribution in [0.5, 0.6) is 5.75 Å². The standard InChI is InChI=1S/C17H26N6O.HI/c1-5-14(24-15-9-7-6-8-10-15)11-19-17(18-2)22(3)12-16-20-13-21-23(16)4;/h6-10,13-14H,5,11-12H2,1-4H3,(H,18,19);1H. The van der Waals surface area contributed by atoms with E-state index in [0.717, 1.165) is 24.0 Å². The van der Waals surface area contributed by atoms with Crippen molar-refractivity contribution in [3.05, 3.63) is 42.5 Å². The number of guanidine groups is 1. The van der Waals surface area contributed by atoms with Crippen molar-refractivity contribution in [2.24, 2.45) is 12.0 Å². The van der Waals surface area contributed by atoms with E-state index in [-0.39, 0.29) is 30.1 Å². The molecule has 0 aliphatic rings. The van der Waals surface area contributed by atoms with Crippen LogP contribution in [0.25, 0.3) is 0 Å². The lowest BCUT2D eigenvalue weighted by molar-refractivity contribution is 0.198. The number of aliphatic imine (C=N–C) groups is 1. The molecule has 1 aromatic heterocycles. The molecule has 0 spiro atoms. The summed E-state index contributed by atoms with van der Waals surface area (Å²) in [5.41, 5.74) is 0. The molecule has 0 radical (unpaired) electrons. The Labute approximate surface area is 166 Å². The fraction of sp³-hybridized carbons (Fsp3) is 0.471. The molecule has 1 aromatic carbocycles. The normalized spacial score (nSPS) is 12.2. The Morgan fingerprint density at radius 3 is 2.64 bits per heavy atom. The average molecular weight is 458 g/mol. The Morgan fingerprint density at radius 1 is 1.36 bits per heavy atom. The summed E-state index contributed by atoms with van der Waals surface area (Å²) in [6.45, 7) is 3.43. The number of nitrogens with zero attached hydrogens (tertiary/aromatic N) is 5. The summed E-state index contributed by atoms with van der Waals surface area (Å²) in [4.78, 5) is 10.6. The van der Waals surface area contributed by atoms with E-state index >= 15 is 0 Å². The molecule has 0 bridgehead atoms. The smallest absolute Gasteiger partial charge is 0.193 e. The largest absolute Gasteiger partial charge is 0.489 e. The first-order chi connectivity index (χ1) is 11.6. The zero-order valence-corrected chi connectivity index (χ0v) is 17.5. The second-order valence-corrected chi connectivity index (χ2v) is 5.55. The van der Waals surface area contributed by atoms with Gasteiger partial charge in [0.1, 0.15) is 24.0 Å². The third-order valence-electron chi connectivity index (χ3n) is 3.75. The second kappa shape index (κ2) is 10.9. The molecule has 2 aromatic rings. The maximum Gasteiger partial charge on any atom is 0.193 e. The van der Waals surface area contributed by atoms with E-state index in [0.29, 0.717) is 13.1 Å². The van der Waals surface area contributed by atoms with Gasteiger partial charge in [-0.2, -0.15) is 5.10 Å². The van der Waals surface area contributed by atoms with Gasteiger partial charge in [0.05, 0.1) is 13.1 Å². The summed E-state index contributed by atoms with van der Waals surface area (Å²) in [5, 5.41) is 7.45. The molecular weight excluding hydrogens is 431 g/mol. The van der Waals surface area contributed by atoms with Crippen LogP contribution >= 0.6 is 24.0 Å². The van der Waals surface area contributed by atoms with E-state index in [9.17, 15) is 0 Å². The fourth-order valence-electron chi connectivity index (χ4n) is 2.30. The van der Waals surface area contributed by atoms with E-state index in [1.54, 1.807) is 18.1 Å². The Balaban J connectivity index is 0.00000312. The van der Waals surface area contributed by atoms with Crippen LogP contribution in [-0.2, 0) is 13.6 Å². The van der Waals surface area contributed by atoms with Crippen LogP contribution in [0.1, 0.15) is 19.2 Å². The second-order valence-electron chi connectivity index (χ2n) is 5.55. The van der Waals surface area contributed by atoms with Crippen LogP contribution in [0, 0.1) is 0 Å². The average Bonchev–Trinajstić information content (AvgIpc) is 3.00. The maximum absolute atomic E-state index is 6.00. The summed E-state index contributed by atoms with van der Waals surface area (Å²) < 4.78 is 7.76. The number of aromatic nitrogens is 3. The predicted molar refractivity (Wildman–Crippen MR) is 110 cm³/mol. The Hall–Kier alpha value is -1.84. The first-order valence-corrected chi connectivity index (χ1v) is 8.10. The first-order valence-electron chi connectivity index (χ1n) is 8.10. The first kappa shape index (κ1) is 21.2. The van der Waals surface area contributed by atoms with Gasteiger partial charge < -0.3 is 15.0 Å². The van der Waals surface area contributed by atoms with Gasteiger partial charge in [0.15, 0.2) is 5.96 Å². The van der Waals surface area contributed by atoms with E-state index in [1.165, 1.54) is 0 Å². The van der Waals surface area contributed by atoms with Gasteiger partial charge in [0, 0.05) is 21.1 Å². The quantitative estimate of drug-likeness (QED) is 0.392. The van der Waals surface area contributed by atoms with E-state index in [1.807, 2.05) is 49.3 Å². The summed E-state index contributed by atoms with van der Waals surface area (Å²) in [7, 11) is 5.63. The van der Waals surface area contributed by atoms with E-state index < -0.39 is 0 Å². The van der Waals surface area contributed by atoms with Crippen molar-refractivity contribution < 1.29 is 4.74 Å². The monoisotopic (exact) mass is 458 g/mol. The molecule has 2 rings (SSSR count). The minimum Gasteiger partial charge on any atom is -0.489 e. The van der Waals surface area contributed by atoms with Crippen molar-refractivity contribution in [3.63, 3.8) is 0 Å². The Kier molecular flexibility index (Phi) is 9.25. The van der Waals surface area contributed by atoms with Gasteiger partial charge in [0.2, 0.25) is 0 Å². The Bertz CT molecular complexity index is 646. The zero-order valence-electron chi connectivity index (χ0n) is 15.2. The molecule has 0 aliphatic carbocycles. The van der Waals surface area contributed by atoms with Crippen LogP contribution in [0.4, 0.5) is 0 Å². The van der Waals surface area contributed by atoms with Gasteiger partial charge in [0.25, 0.3) is 0 Å². The van der Waals surface area contributed by atoms with Crippen LogP contribution in [0.3, 0.4) is 0 Å². The molecule has 0 saturated heterocycles. The highest BCUT2D eigenvalue weighted by atomic mass is 127. The van der Waals surface area contributed by atoms with Gasteiger partial charge in [-0.15, -0.1) is 24.0 Å². The van der Waals surface area contributed by atoms with Gasteiger partial charge in [-0.3, -0.25) is 9.67 Å². The van der Waals surface area contributed by atoms with Crippen molar-refractivity contribution in [1.29, 1.82) is 0 Å². The number of halogens is 1. The molecule has 1 unspecified atom stereocenters. The third kappa shape index (κ3) is 6.52. The number of benzene rings is 1. The predicted octanol–water partition coefficient (Wildman–Crippen LogP) is 2.30. The van der Waals surface area contributed by atoms with Gasteiger partial charge in [-0.25, -0.2) is 4.98 Å². The summed E-state index contributed by atoms with van der Waals surface area (Å²) in [5.74, 6) is 2.56. The van der Waals surface area contributed by atoms with Crippen molar-refractivity contribution in [3.8, 4) is 5.75 Å². The summed E-state index contributed by atoms with van der Waals surface area (Å²) >= 11 is 0. The van der Waals surface area contributed by atoms with Gasteiger partial charge in [-0.1, -0.05) is 25.1 Å². The number of ether oxygens (including phenoxy) is 1. The molecule has 25 heavy (non-hydrogen) atoms. The zero-order chi connectivity index (χ0) is 17.4. The summed E-state index contributed by atoms with van der Waals surface area (Å²) in [6, 6.07) is 9.87. The highest BCUT2D eigenvalue weighted by molar-refractivity contribution is 14.0. The van der Waals surface area contributed by atoms with Crippen LogP contribution < -0.4 is 10.1 Å². The van der Waals surface area contributed by atoms with Gasteiger partial charge >= 0.3 is 0 Å².